The largest absolute Gasteiger partial charge is 0.444 e. The van der Waals surface area contributed by atoms with Gasteiger partial charge in [-0.05, 0) is 26.2 Å². The zero-order valence-corrected chi connectivity index (χ0v) is 15.6. The molecule has 0 aromatic carbocycles. The molecule has 0 spiro atoms. The molecule has 0 saturated heterocycles. The maximum atomic E-state index is 11.7. The maximum Gasteiger partial charge on any atom is 0.407 e. The molecule has 0 atom stereocenters. The van der Waals surface area contributed by atoms with Crippen LogP contribution >= 0.6 is 0 Å². The quantitative estimate of drug-likeness (QED) is 0.351. The third-order valence-electron chi connectivity index (χ3n) is 3.58. The van der Waals surface area contributed by atoms with Gasteiger partial charge in [-0.1, -0.05) is 52.9 Å². The molecule has 0 fully saturated rings. The van der Waals surface area contributed by atoms with Gasteiger partial charge in [-0.2, -0.15) is 0 Å². The second-order valence-corrected chi connectivity index (χ2v) is 6.10. The minimum Gasteiger partial charge on any atom is -0.444 e. The lowest BCUT2D eigenvalue weighted by atomic mass is 10.2. The molecule has 23 heavy (non-hydrogen) atoms. The van der Waals surface area contributed by atoms with Gasteiger partial charge in [0.05, 0.1) is 13.2 Å². The van der Waals surface area contributed by atoms with E-state index in [0.717, 1.165) is 51.4 Å². The summed E-state index contributed by atoms with van der Waals surface area (Å²) in [7, 11) is 0. The highest BCUT2D eigenvalue weighted by Gasteiger charge is 2.28. The van der Waals surface area contributed by atoms with Gasteiger partial charge >= 0.3 is 6.09 Å². The van der Waals surface area contributed by atoms with E-state index in [1.165, 1.54) is 0 Å². The first-order chi connectivity index (χ1) is 11.1. The Kier molecular flexibility index (Phi) is 14.2. The van der Waals surface area contributed by atoms with Crippen molar-refractivity contribution in [2.75, 3.05) is 26.4 Å². The predicted molar refractivity (Wildman–Crippen MR) is 93.6 cm³/mol. The molecular formula is C18H37NO4. The fourth-order valence-corrected chi connectivity index (χ4v) is 2.02. The third kappa shape index (κ3) is 13.3. The van der Waals surface area contributed by atoms with Crippen LogP contribution in [-0.2, 0) is 14.2 Å². The van der Waals surface area contributed by atoms with E-state index in [0.29, 0.717) is 19.8 Å². The molecule has 0 rings (SSSR count). The monoisotopic (exact) mass is 331 g/mol. The SMILES string of the molecule is CCCCCOC(C)(COC(=O)NCCCC)OCCCCC. The van der Waals surface area contributed by atoms with Crippen LogP contribution in [0, 0.1) is 0 Å². The molecule has 0 aromatic heterocycles. The van der Waals surface area contributed by atoms with Crippen LogP contribution in [0.4, 0.5) is 4.79 Å². The van der Waals surface area contributed by atoms with Gasteiger partial charge in [-0.15, -0.1) is 0 Å². The Bertz CT molecular complexity index is 272. The predicted octanol–water partition coefficient (Wildman–Crippen LogP) is 4.64. The molecule has 0 bridgehead atoms. The van der Waals surface area contributed by atoms with E-state index in [4.69, 9.17) is 14.2 Å². The molecule has 0 radical (unpaired) electrons. The molecule has 1 amide bonds. The second kappa shape index (κ2) is 14.8. The first-order valence-electron chi connectivity index (χ1n) is 9.26. The van der Waals surface area contributed by atoms with E-state index in [-0.39, 0.29) is 6.61 Å². The highest BCUT2D eigenvalue weighted by atomic mass is 16.7. The van der Waals surface area contributed by atoms with Crippen LogP contribution in [0.5, 0.6) is 0 Å². The standard InChI is InChI=1S/C18H37NO4/c1-5-8-11-14-22-18(4,23-15-12-9-6-2)16-21-17(20)19-13-10-7-3/h5-16H2,1-4H3,(H,19,20). The summed E-state index contributed by atoms with van der Waals surface area (Å²) in [4.78, 5) is 11.7. The first-order valence-corrected chi connectivity index (χ1v) is 9.26. The molecule has 0 saturated carbocycles. The van der Waals surface area contributed by atoms with E-state index < -0.39 is 11.9 Å². The number of amides is 1. The van der Waals surface area contributed by atoms with Crippen molar-refractivity contribution >= 4 is 6.09 Å². The minimum atomic E-state index is -0.858. The lowest BCUT2D eigenvalue weighted by Crippen LogP contribution is -2.41. The molecule has 5 nitrogen and oxygen atoms in total. The Labute approximate surface area is 142 Å². The number of carbonyl (C=O) groups is 1. The van der Waals surface area contributed by atoms with Crippen LogP contribution in [-0.4, -0.2) is 38.2 Å². The number of ether oxygens (including phenoxy) is 3. The van der Waals surface area contributed by atoms with Crippen molar-refractivity contribution in [1.82, 2.24) is 5.32 Å². The Morgan fingerprint density at radius 3 is 1.87 bits per heavy atom. The van der Waals surface area contributed by atoms with Crippen LogP contribution in [0.2, 0.25) is 0 Å². The van der Waals surface area contributed by atoms with Crippen LogP contribution in [0.25, 0.3) is 0 Å². The fourth-order valence-electron chi connectivity index (χ4n) is 2.02. The molecule has 0 unspecified atom stereocenters. The van der Waals surface area contributed by atoms with Gasteiger partial charge in [0.1, 0.15) is 6.61 Å². The number of nitrogens with one attached hydrogen (secondary N) is 1. The number of rotatable bonds is 15. The molecule has 1 N–H and O–H groups in total. The molecule has 5 heteroatoms. The van der Waals surface area contributed by atoms with Gasteiger partial charge in [0.2, 0.25) is 0 Å². The average molecular weight is 331 g/mol. The topological polar surface area (TPSA) is 56.8 Å². The van der Waals surface area contributed by atoms with Crippen molar-refractivity contribution in [3.63, 3.8) is 0 Å². The lowest BCUT2D eigenvalue weighted by Gasteiger charge is -2.29. The number of unbranched alkanes of at least 4 members (excludes halogenated alkanes) is 5. The molecular weight excluding hydrogens is 294 g/mol. The van der Waals surface area contributed by atoms with Crippen molar-refractivity contribution in [2.45, 2.75) is 84.8 Å². The number of carbonyl (C=O) groups excluding carboxylic acids is 1. The van der Waals surface area contributed by atoms with Gasteiger partial charge in [0.25, 0.3) is 0 Å². The Hall–Kier alpha value is -0.810. The van der Waals surface area contributed by atoms with Gasteiger partial charge < -0.3 is 19.5 Å². The minimum absolute atomic E-state index is 0.114. The summed E-state index contributed by atoms with van der Waals surface area (Å²) in [5.41, 5.74) is 0. The molecule has 0 aromatic rings. The van der Waals surface area contributed by atoms with E-state index in [1.54, 1.807) is 0 Å². The maximum absolute atomic E-state index is 11.7. The van der Waals surface area contributed by atoms with Crippen LogP contribution in [0.1, 0.15) is 79.1 Å². The van der Waals surface area contributed by atoms with E-state index in [9.17, 15) is 4.79 Å². The highest BCUT2D eigenvalue weighted by Crippen LogP contribution is 2.16. The normalized spacial score (nSPS) is 11.5. The van der Waals surface area contributed by atoms with Crippen LogP contribution < -0.4 is 5.32 Å². The smallest absolute Gasteiger partial charge is 0.407 e. The fraction of sp³-hybridized carbons (Fsp3) is 0.944. The van der Waals surface area contributed by atoms with Crippen molar-refractivity contribution in [3.05, 3.63) is 0 Å². The molecule has 0 aliphatic carbocycles. The van der Waals surface area contributed by atoms with Gasteiger partial charge in [-0.3, -0.25) is 0 Å². The molecule has 138 valence electrons. The molecule has 0 aliphatic rings. The zero-order chi connectivity index (χ0) is 17.4. The Balaban J connectivity index is 4.19. The number of hydrogen-bond acceptors (Lipinski definition) is 4. The zero-order valence-electron chi connectivity index (χ0n) is 15.6. The van der Waals surface area contributed by atoms with Crippen LogP contribution in [0.3, 0.4) is 0 Å². The van der Waals surface area contributed by atoms with Gasteiger partial charge in [0, 0.05) is 6.54 Å². The highest BCUT2D eigenvalue weighted by molar-refractivity contribution is 5.67. The summed E-state index contributed by atoms with van der Waals surface area (Å²) >= 11 is 0. The third-order valence-corrected chi connectivity index (χ3v) is 3.58. The lowest BCUT2D eigenvalue weighted by molar-refractivity contribution is -0.243. The van der Waals surface area contributed by atoms with Gasteiger partial charge in [-0.25, -0.2) is 4.79 Å². The van der Waals surface area contributed by atoms with E-state index in [1.807, 2.05) is 6.92 Å². The summed E-state index contributed by atoms with van der Waals surface area (Å²) in [6.45, 7) is 10.2. The van der Waals surface area contributed by atoms with Crippen molar-refractivity contribution in [2.24, 2.45) is 0 Å². The van der Waals surface area contributed by atoms with E-state index in [2.05, 4.69) is 26.1 Å². The summed E-state index contributed by atoms with van der Waals surface area (Å²) in [6, 6.07) is 0. The molecule has 0 aliphatic heterocycles. The van der Waals surface area contributed by atoms with E-state index >= 15 is 0 Å². The van der Waals surface area contributed by atoms with Crippen molar-refractivity contribution < 1.29 is 19.0 Å². The second-order valence-electron chi connectivity index (χ2n) is 6.10. The average Bonchev–Trinajstić information content (AvgIpc) is 2.54. The summed E-state index contributed by atoms with van der Waals surface area (Å²) < 4.78 is 17.0. The summed E-state index contributed by atoms with van der Waals surface area (Å²) in [5, 5.41) is 2.74. The van der Waals surface area contributed by atoms with Crippen molar-refractivity contribution in [1.29, 1.82) is 0 Å². The van der Waals surface area contributed by atoms with Crippen molar-refractivity contribution in [3.8, 4) is 0 Å². The summed E-state index contributed by atoms with van der Waals surface area (Å²) in [5.74, 6) is -0.858. The Morgan fingerprint density at radius 2 is 1.39 bits per heavy atom. The van der Waals surface area contributed by atoms with Crippen LogP contribution in [0.15, 0.2) is 0 Å². The summed E-state index contributed by atoms with van der Waals surface area (Å²) in [6.07, 6.45) is 8.13. The van der Waals surface area contributed by atoms with Gasteiger partial charge in [0.15, 0.2) is 5.79 Å². The number of alkyl carbamates (subject to hydrolysis) is 1. The Morgan fingerprint density at radius 1 is 0.870 bits per heavy atom. The number of hydrogen-bond donors (Lipinski definition) is 1. The first kappa shape index (κ1) is 22.2. The molecule has 0 heterocycles.